The van der Waals surface area contributed by atoms with E-state index >= 15 is 0 Å². The number of nitrogens with zero attached hydrogens (tertiary/aromatic N) is 5. The topological polar surface area (TPSA) is 83.6 Å². The molecule has 0 N–H and O–H groups in total. The van der Waals surface area contributed by atoms with Gasteiger partial charge in [-0.05, 0) is 47.7 Å². The van der Waals surface area contributed by atoms with E-state index in [4.69, 9.17) is 25.8 Å². The van der Waals surface area contributed by atoms with Crippen LogP contribution in [-0.4, -0.2) is 52.2 Å². The van der Waals surface area contributed by atoms with Crippen LogP contribution in [0.15, 0.2) is 35.1 Å². The molecule has 3 heterocycles. The standard InChI is InChI=1S/C19H18ClN5O4/c1-23-8-7-11-9-14-16(29-10-28-14)17(27-2)15(11)18(23)25-19(26)24(21-22-25)13-6-4-3-5-12(13)20/h3-6,9,18H,7-8,10H2,1-2H3. The van der Waals surface area contributed by atoms with Crippen molar-refractivity contribution in [3.8, 4) is 22.9 Å². The average Bonchev–Trinajstić information content (AvgIpc) is 3.33. The van der Waals surface area contributed by atoms with Crippen LogP contribution < -0.4 is 19.9 Å². The summed E-state index contributed by atoms with van der Waals surface area (Å²) in [5.41, 5.74) is 1.91. The SMILES string of the molecule is COc1c2c(cc3c1C(n1nnn(-c4ccccc4Cl)c1=O)N(C)CC3)OCO2. The van der Waals surface area contributed by atoms with Gasteiger partial charge in [-0.3, -0.25) is 4.90 Å². The molecule has 0 fully saturated rings. The van der Waals surface area contributed by atoms with Gasteiger partial charge in [-0.2, -0.15) is 9.36 Å². The predicted molar refractivity (Wildman–Crippen MR) is 104 cm³/mol. The molecule has 0 spiro atoms. The van der Waals surface area contributed by atoms with Gasteiger partial charge >= 0.3 is 5.69 Å². The van der Waals surface area contributed by atoms with Gasteiger partial charge in [0.05, 0.1) is 17.8 Å². The maximum absolute atomic E-state index is 13.2. The van der Waals surface area contributed by atoms with E-state index in [0.717, 1.165) is 24.1 Å². The lowest BCUT2D eigenvalue weighted by molar-refractivity contribution is 0.167. The molecule has 29 heavy (non-hydrogen) atoms. The summed E-state index contributed by atoms with van der Waals surface area (Å²) in [4.78, 5) is 15.3. The molecule has 1 aromatic heterocycles. The van der Waals surface area contributed by atoms with Crippen molar-refractivity contribution >= 4 is 11.6 Å². The molecular weight excluding hydrogens is 398 g/mol. The third-order valence-electron chi connectivity index (χ3n) is 5.27. The fourth-order valence-electron chi connectivity index (χ4n) is 3.90. The van der Waals surface area contributed by atoms with Crippen molar-refractivity contribution in [2.45, 2.75) is 12.6 Å². The summed E-state index contributed by atoms with van der Waals surface area (Å²) in [6.45, 7) is 0.865. The smallest absolute Gasteiger partial charge is 0.370 e. The van der Waals surface area contributed by atoms with Crippen LogP contribution in [0.4, 0.5) is 0 Å². The summed E-state index contributed by atoms with van der Waals surface area (Å²) >= 11 is 6.25. The number of benzene rings is 2. The average molecular weight is 416 g/mol. The molecule has 3 aromatic rings. The highest BCUT2D eigenvalue weighted by molar-refractivity contribution is 6.32. The highest BCUT2D eigenvalue weighted by Crippen LogP contribution is 2.49. The Morgan fingerprint density at radius 3 is 2.86 bits per heavy atom. The number of tetrazole rings is 1. The van der Waals surface area contributed by atoms with Crippen molar-refractivity contribution in [1.29, 1.82) is 0 Å². The largest absolute Gasteiger partial charge is 0.492 e. The van der Waals surface area contributed by atoms with E-state index in [1.165, 1.54) is 9.36 Å². The molecular formula is C19H18ClN5O4. The van der Waals surface area contributed by atoms with E-state index in [-0.39, 0.29) is 6.79 Å². The van der Waals surface area contributed by atoms with Crippen LogP contribution in [-0.2, 0) is 6.42 Å². The molecule has 2 aliphatic heterocycles. The first-order valence-corrected chi connectivity index (χ1v) is 9.47. The van der Waals surface area contributed by atoms with Gasteiger partial charge in [0, 0.05) is 12.1 Å². The summed E-state index contributed by atoms with van der Waals surface area (Å²) in [6.07, 6.45) is 0.273. The molecule has 0 radical (unpaired) electrons. The molecule has 0 bridgehead atoms. The summed E-state index contributed by atoms with van der Waals surface area (Å²) < 4.78 is 19.4. The quantitative estimate of drug-likeness (QED) is 0.645. The second-order valence-corrected chi connectivity index (χ2v) is 7.30. The lowest BCUT2D eigenvalue weighted by atomic mass is 9.95. The zero-order valence-corrected chi connectivity index (χ0v) is 16.6. The second kappa shape index (κ2) is 6.78. The van der Waals surface area contributed by atoms with Gasteiger partial charge in [-0.15, -0.1) is 0 Å². The van der Waals surface area contributed by atoms with Gasteiger partial charge in [0.25, 0.3) is 0 Å². The third-order valence-corrected chi connectivity index (χ3v) is 5.59. The molecule has 9 nitrogen and oxygen atoms in total. The van der Waals surface area contributed by atoms with Gasteiger partial charge in [-0.1, -0.05) is 23.7 Å². The van der Waals surface area contributed by atoms with Crippen molar-refractivity contribution < 1.29 is 14.2 Å². The van der Waals surface area contributed by atoms with E-state index < -0.39 is 11.9 Å². The number of methoxy groups -OCH3 is 1. The normalized spacial score (nSPS) is 18.0. The number of likely N-dealkylation sites (N-methyl/N-ethyl adjacent to an activating group) is 1. The van der Waals surface area contributed by atoms with Crippen molar-refractivity contribution in [3.63, 3.8) is 0 Å². The Hall–Kier alpha value is -3.04. The summed E-state index contributed by atoms with van der Waals surface area (Å²) in [6, 6.07) is 8.95. The third kappa shape index (κ3) is 2.69. The summed E-state index contributed by atoms with van der Waals surface area (Å²) in [7, 11) is 3.51. The molecule has 0 amide bonds. The Labute approximate surface area is 170 Å². The number of rotatable bonds is 3. The number of aromatic nitrogens is 4. The van der Waals surface area contributed by atoms with E-state index in [1.807, 2.05) is 18.0 Å². The van der Waals surface area contributed by atoms with Crippen LogP contribution in [0.2, 0.25) is 5.02 Å². The first-order valence-electron chi connectivity index (χ1n) is 9.09. The van der Waals surface area contributed by atoms with Crippen LogP contribution in [0.3, 0.4) is 0 Å². The molecule has 0 saturated heterocycles. The van der Waals surface area contributed by atoms with Gasteiger partial charge in [0.1, 0.15) is 6.17 Å². The monoisotopic (exact) mass is 415 g/mol. The molecule has 2 aromatic carbocycles. The zero-order valence-electron chi connectivity index (χ0n) is 15.8. The number of halogens is 1. The lowest BCUT2D eigenvalue weighted by Gasteiger charge is -2.34. The molecule has 10 heteroatoms. The van der Waals surface area contributed by atoms with E-state index in [2.05, 4.69) is 10.4 Å². The first kappa shape index (κ1) is 18.0. The zero-order chi connectivity index (χ0) is 20.1. The molecule has 2 aliphatic rings. The van der Waals surface area contributed by atoms with E-state index in [9.17, 15) is 4.79 Å². The highest BCUT2D eigenvalue weighted by Gasteiger charge is 2.37. The fourth-order valence-corrected chi connectivity index (χ4v) is 4.12. The summed E-state index contributed by atoms with van der Waals surface area (Å²) in [5.74, 6) is 1.74. The van der Waals surface area contributed by atoms with Crippen LogP contribution in [0.5, 0.6) is 17.2 Å². The van der Waals surface area contributed by atoms with Crippen molar-refractivity contribution in [2.75, 3.05) is 27.5 Å². The number of para-hydroxylation sites is 1. The number of hydrogen-bond donors (Lipinski definition) is 0. The number of fused-ring (bicyclic) bond motifs is 2. The lowest BCUT2D eigenvalue weighted by Crippen LogP contribution is -2.41. The molecule has 0 saturated carbocycles. The van der Waals surface area contributed by atoms with Gasteiger partial charge in [0.2, 0.25) is 12.5 Å². The molecule has 0 aliphatic carbocycles. The molecule has 1 atom stereocenters. The van der Waals surface area contributed by atoms with Gasteiger partial charge < -0.3 is 14.2 Å². The van der Waals surface area contributed by atoms with Crippen LogP contribution in [0.1, 0.15) is 17.3 Å². The number of hydrogen-bond acceptors (Lipinski definition) is 7. The second-order valence-electron chi connectivity index (χ2n) is 6.89. The maximum atomic E-state index is 13.2. The Morgan fingerprint density at radius 2 is 2.07 bits per heavy atom. The highest BCUT2D eigenvalue weighted by atomic mass is 35.5. The van der Waals surface area contributed by atoms with Crippen LogP contribution in [0.25, 0.3) is 5.69 Å². The van der Waals surface area contributed by atoms with Crippen molar-refractivity contribution in [1.82, 2.24) is 24.7 Å². The van der Waals surface area contributed by atoms with E-state index in [1.54, 1.807) is 31.4 Å². The molecule has 150 valence electrons. The fraction of sp³-hybridized carbons (Fsp3) is 0.316. The Balaban J connectivity index is 1.69. The van der Waals surface area contributed by atoms with Gasteiger partial charge in [0.15, 0.2) is 11.5 Å². The predicted octanol–water partition coefficient (Wildman–Crippen LogP) is 1.85. The van der Waals surface area contributed by atoms with Crippen LogP contribution >= 0.6 is 11.6 Å². The Kier molecular flexibility index (Phi) is 4.21. The Bertz CT molecular complexity index is 1160. The number of ether oxygens (including phenoxy) is 3. The van der Waals surface area contributed by atoms with Crippen LogP contribution in [0, 0.1) is 0 Å². The van der Waals surface area contributed by atoms with E-state index in [0.29, 0.717) is 28.0 Å². The van der Waals surface area contributed by atoms with Crippen molar-refractivity contribution in [2.24, 2.45) is 0 Å². The first-order chi connectivity index (χ1) is 14.1. The van der Waals surface area contributed by atoms with Gasteiger partial charge in [-0.25, -0.2) is 4.79 Å². The molecule has 1 unspecified atom stereocenters. The Morgan fingerprint density at radius 1 is 1.24 bits per heavy atom. The van der Waals surface area contributed by atoms with Crippen molar-refractivity contribution in [3.05, 3.63) is 57.0 Å². The minimum atomic E-state index is -0.507. The maximum Gasteiger partial charge on any atom is 0.370 e. The molecule has 5 rings (SSSR count). The minimum absolute atomic E-state index is 0.137. The minimum Gasteiger partial charge on any atom is -0.492 e. The summed E-state index contributed by atoms with van der Waals surface area (Å²) in [5, 5.41) is 8.65.